The third kappa shape index (κ3) is 2.68. The normalized spacial score (nSPS) is 12.9. The smallest absolute Gasteiger partial charge is 0.407 e. The zero-order chi connectivity index (χ0) is 16.4. The second kappa shape index (κ2) is 6.38. The molecular weight excluding hydrogens is 292 g/mol. The van der Waals surface area contributed by atoms with Crippen LogP contribution in [0.5, 0.6) is 0 Å². The van der Waals surface area contributed by atoms with Crippen molar-refractivity contribution < 1.29 is 9.52 Å². The number of oxazole rings is 1. The quantitative estimate of drug-likeness (QED) is 0.783. The van der Waals surface area contributed by atoms with E-state index in [1.807, 2.05) is 44.2 Å². The molecule has 3 rings (SSSR count). The second-order valence-corrected chi connectivity index (χ2v) is 5.60. The van der Waals surface area contributed by atoms with E-state index in [0.29, 0.717) is 16.7 Å². The van der Waals surface area contributed by atoms with Crippen molar-refractivity contribution in [2.45, 2.75) is 38.8 Å². The number of hydrogen-bond acceptors (Lipinski definition) is 4. The molecule has 120 valence electrons. The molecule has 2 aromatic heterocycles. The van der Waals surface area contributed by atoms with Gasteiger partial charge in [0.15, 0.2) is 5.58 Å². The van der Waals surface area contributed by atoms with E-state index in [9.17, 15) is 9.90 Å². The van der Waals surface area contributed by atoms with Crippen molar-refractivity contribution in [3.05, 3.63) is 64.4 Å². The number of nitrogens with zero attached hydrogens (tertiary/aromatic N) is 2. The highest BCUT2D eigenvalue weighted by atomic mass is 16.4. The van der Waals surface area contributed by atoms with Gasteiger partial charge in [-0.2, -0.15) is 0 Å². The minimum atomic E-state index is -0.881. The van der Waals surface area contributed by atoms with Crippen LogP contribution in [0.4, 0.5) is 0 Å². The van der Waals surface area contributed by atoms with Crippen LogP contribution in [0.15, 0.2) is 51.9 Å². The van der Waals surface area contributed by atoms with Gasteiger partial charge in [-0.15, -0.1) is 0 Å². The molecule has 0 saturated carbocycles. The van der Waals surface area contributed by atoms with Crippen molar-refractivity contribution in [2.75, 3.05) is 0 Å². The summed E-state index contributed by atoms with van der Waals surface area (Å²) in [6, 6.07) is 9.34. The highest BCUT2D eigenvalue weighted by Gasteiger charge is 2.22. The van der Waals surface area contributed by atoms with Crippen molar-refractivity contribution in [2.24, 2.45) is 0 Å². The Morgan fingerprint density at radius 2 is 1.87 bits per heavy atom. The predicted octanol–water partition coefficient (Wildman–Crippen LogP) is 3.43. The maximum absolute atomic E-state index is 12.3. The summed E-state index contributed by atoms with van der Waals surface area (Å²) in [6.07, 6.45) is 3.96. The summed E-state index contributed by atoms with van der Waals surface area (Å²) in [7, 11) is 0. The molecule has 0 amide bonds. The van der Waals surface area contributed by atoms with E-state index < -0.39 is 11.9 Å². The van der Waals surface area contributed by atoms with Crippen molar-refractivity contribution >= 4 is 11.1 Å². The zero-order valence-electron chi connectivity index (χ0n) is 13.3. The van der Waals surface area contributed by atoms with Crippen LogP contribution < -0.4 is 5.76 Å². The molecule has 0 spiro atoms. The number of pyridine rings is 1. The van der Waals surface area contributed by atoms with Crippen LogP contribution in [0.3, 0.4) is 0 Å². The SMILES string of the molecule is CCC(CC)n1c(=O)oc2c(C(O)c3ccccc3)cncc21. The molecule has 23 heavy (non-hydrogen) atoms. The van der Waals surface area contributed by atoms with E-state index in [2.05, 4.69) is 4.98 Å². The Balaban J connectivity index is 2.17. The average molecular weight is 312 g/mol. The number of aliphatic hydroxyl groups is 1. The fourth-order valence-electron chi connectivity index (χ4n) is 2.98. The highest BCUT2D eigenvalue weighted by molar-refractivity contribution is 5.76. The molecule has 0 fully saturated rings. The summed E-state index contributed by atoms with van der Waals surface area (Å²) in [4.78, 5) is 16.5. The van der Waals surface area contributed by atoms with Crippen molar-refractivity contribution in [3.8, 4) is 0 Å². The molecule has 0 bridgehead atoms. The van der Waals surface area contributed by atoms with Gasteiger partial charge in [0, 0.05) is 17.8 Å². The first-order valence-corrected chi connectivity index (χ1v) is 7.89. The van der Waals surface area contributed by atoms with E-state index in [4.69, 9.17) is 4.42 Å². The summed E-state index contributed by atoms with van der Waals surface area (Å²) < 4.78 is 7.11. The van der Waals surface area contributed by atoms with Gasteiger partial charge in [0.1, 0.15) is 11.6 Å². The van der Waals surface area contributed by atoms with Gasteiger partial charge in [0.25, 0.3) is 0 Å². The Morgan fingerprint density at radius 3 is 2.52 bits per heavy atom. The van der Waals surface area contributed by atoms with Crippen molar-refractivity contribution in [1.82, 2.24) is 9.55 Å². The summed E-state index contributed by atoms with van der Waals surface area (Å²) in [5, 5.41) is 10.6. The molecule has 2 heterocycles. The summed E-state index contributed by atoms with van der Waals surface area (Å²) in [5.41, 5.74) is 2.29. The zero-order valence-corrected chi connectivity index (χ0v) is 13.3. The minimum Gasteiger partial charge on any atom is -0.407 e. The lowest BCUT2D eigenvalue weighted by Crippen LogP contribution is -2.19. The maximum Gasteiger partial charge on any atom is 0.420 e. The molecule has 1 N–H and O–H groups in total. The Labute approximate surface area is 134 Å². The van der Waals surface area contributed by atoms with E-state index in [1.165, 1.54) is 0 Å². The Bertz CT molecular complexity index is 848. The van der Waals surface area contributed by atoms with Gasteiger partial charge in [-0.3, -0.25) is 9.55 Å². The second-order valence-electron chi connectivity index (χ2n) is 5.60. The fourth-order valence-corrected chi connectivity index (χ4v) is 2.98. The van der Waals surface area contributed by atoms with Crippen molar-refractivity contribution in [3.63, 3.8) is 0 Å². The molecule has 0 saturated heterocycles. The standard InChI is InChI=1S/C18H20N2O3/c1-3-13(4-2)20-15-11-19-10-14(17(15)23-18(20)22)16(21)12-8-6-5-7-9-12/h5-11,13,16,21H,3-4H2,1-2H3. The maximum atomic E-state index is 12.3. The van der Waals surface area contributed by atoms with Gasteiger partial charge in [-0.25, -0.2) is 4.79 Å². The largest absolute Gasteiger partial charge is 0.420 e. The molecule has 1 atom stereocenters. The van der Waals surface area contributed by atoms with Gasteiger partial charge in [0.2, 0.25) is 0 Å². The molecule has 3 aromatic rings. The minimum absolute atomic E-state index is 0.0645. The molecule has 5 nitrogen and oxygen atoms in total. The molecule has 5 heteroatoms. The molecule has 0 radical (unpaired) electrons. The lowest BCUT2D eigenvalue weighted by Gasteiger charge is -2.14. The first-order valence-electron chi connectivity index (χ1n) is 7.89. The number of rotatable bonds is 5. The summed E-state index contributed by atoms with van der Waals surface area (Å²) in [5.74, 6) is -0.400. The number of hydrogen-bond donors (Lipinski definition) is 1. The topological polar surface area (TPSA) is 68.3 Å². The lowest BCUT2D eigenvalue weighted by atomic mass is 10.0. The third-order valence-corrected chi connectivity index (χ3v) is 4.27. The molecular formula is C18H20N2O3. The van der Waals surface area contributed by atoms with Crippen LogP contribution in [0.2, 0.25) is 0 Å². The Morgan fingerprint density at radius 1 is 1.17 bits per heavy atom. The number of aliphatic hydroxyl groups excluding tert-OH is 1. The van der Waals surface area contributed by atoms with Crippen LogP contribution in [-0.2, 0) is 0 Å². The first kappa shape index (κ1) is 15.5. The van der Waals surface area contributed by atoms with Crippen LogP contribution in [-0.4, -0.2) is 14.7 Å². The summed E-state index contributed by atoms with van der Waals surface area (Å²) in [6.45, 7) is 4.07. The molecule has 1 unspecified atom stereocenters. The first-order chi connectivity index (χ1) is 11.2. The van der Waals surface area contributed by atoms with Crippen LogP contribution >= 0.6 is 0 Å². The van der Waals surface area contributed by atoms with E-state index in [0.717, 1.165) is 18.4 Å². The monoisotopic (exact) mass is 312 g/mol. The molecule has 0 aliphatic heterocycles. The molecule has 1 aromatic carbocycles. The number of fused-ring (bicyclic) bond motifs is 1. The predicted molar refractivity (Wildman–Crippen MR) is 88.4 cm³/mol. The van der Waals surface area contributed by atoms with Gasteiger partial charge in [0.05, 0.1) is 6.20 Å². The highest BCUT2D eigenvalue weighted by Crippen LogP contribution is 2.29. The lowest BCUT2D eigenvalue weighted by molar-refractivity contribution is 0.220. The Hall–Kier alpha value is -2.40. The van der Waals surface area contributed by atoms with Crippen molar-refractivity contribution in [1.29, 1.82) is 0 Å². The van der Waals surface area contributed by atoms with Crippen LogP contribution in [0.25, 0.3) is 11.1 Å². The van der Waals surface area contributed by atoms with Gasteiger partial charge >= 0.3 is 5.76 Å². The van der Waals surface area contributed by atoms with Gasteiger partial charge in [-0.05, 0) is 18.4 Å². The van der Waals surface area contributed by atoms with Gasteiger partial charge < -0.3 is 9.52 Å². The fraction of sp³-hybridized carbons (Fsp3) is 0.333. The van der Waals surface area contributed by atoms with E-state index in [-0.39, 0.29) is 6.04 Å². The summed E-state index contributed by atoms with van der Waals surface area (Å²) >= 11 is 0. The Kier molecular flexibility index (Phi) is 4.30. The number of aromatic nitrogens is 2. The van der Waals surface area contributed by atoms with Crippen LogP contribution in [0, 0.1) is 0 Å². The average Bonchev–Trinajstić information content (AvgIpc) is 2.93. The van der Waals surface area contributed by atoms with E-state index >= 15 is 0 Å². The number of benzene rings is 1. The molecule has 0 aliphatic rings. The molecule has 0 aliphatic carbocycles. The van der Waals surface area contributed by atoms with Crippen LogP contribution in [0.1, 0.15) is 50.0 Å². The van der Waals surface area contributed by atoms with E-state index in [1.54, 1.807) is 17.0 Å². The van der Waals surface area contributed by atoms with Gasteiger partial charge in [-0.1, -0.05) is 44.2 Å². The third-order valence-electron chi connectivity index (χ3n) is 4.27.